The molecule has 0 atom stereocenters. The van der Waals surface area contributed by atoms with Crippen LogP contribution in [0.15, 0.2) is 22.3 Å². The molecular weight excluding hydrogens is 222 g/mol. The number of pyridine rings is 1. The summed E-state index contributed by atoms with van der Waals surface area (Å²) in [6.07, 6.45) is 2.34. The van der Waals surface area contributed by atoms with Crippen molar-refractivity contribution in [1.82, 2.24) is 4.98 Å². The van der Waals surface area contributed by atoms with E-state index in [9.17, 15) is 0 Å². The Bertz CT molecular complexity index is 379. The molecule has 3 N–H and O–H groups in total. The van der Waals surface area contributed by atoms with Crippen LogP contribution in [0.4, 0.5) is 0 Å². The van der Waals surface area contributed by atoms with Crippen LogP contribution in [0.2, 0.25) is 0 Å². The van der Waals surface area contributed by atoms with Crippen LogP contribution in [-0.4, -0.2) is 21.8 Å². The molecule has 1 rings (SSSR count). The molecule has 1 heterocycles. The van der Waals surface area contributed by atoms with Gasteiger partial charge < -0.3 is 10.9 Å². The lowest BCUT2D eigenvalue weighted by atomic mass is 10.2. The van der Waals surface area contributed by atoms with Gasteiger partial charge in [-0.25, -0.2) is 4.98 Å². The number of nitrogens with zero attached hydrogens (tertiary/aromatic N) is 2. The largest absolute Gasteiger partial charge is 0.409 e. The lowest BCUT2D eigenvalue weighted by Gasteiger charge is -2.05. The monoisotopic (exact) mass is 239 g/mol. The average molecular weight is 239 g/mol. The number of nitrogens with two attached hydrogens (primary N) is 1. The minimum absolute atomic E-state index is 0.128. The normalized spacial score (nSPS) is 11.8. The number of amidine groups is 1. The standard InChI is InChI=1S/C11H17N3OS/c1-3-4-5-16-10-7-9(11(12)14-15)6-8(2)13-10/h6-7,15H,3-5H2,1-2H3,(H2,12,14). The zero-order chi connectivity index (χ0) is 12.0. The third-order valence-corrected chi connectivity index (χ3v) is 3.08. The predicted octanol–water partition coefficient (Wildman–Crippen LogP) is 2.38. The van der Waals surface area contributed by atoms with Gasteiger partial charge in [0.25, 0.3) is 0 Å². The topological polar surface area (TPSA) is 71.5 Å². The van der Waals surface area contributed by atoms with E-state index in [2.05, 4.69) is 17.1 Å². The van der Waals surface area contributed by atoms with Gasteiger partial charge in [0.1, 0.15) is 0 Å². The first kappa shape index (κ1) is 12.8. The Balaban J connectivity index is 2.82. The van der Waals surface area contributed by atoms with Crippen molar-refractivity contribution in [2.75, 3.05) is 5.75 Å². The van der Waals surface area contributed by atoms with Crippen LogP contribution in [0.1, 0.15) is 31.0 Å². The van der Waals surface area contributed by atoms with E-state index in [1.54, 1.807) is 17.8 Å². The van der Waals surface area contributed by atoms with E-state index in [1.165, 1.54) is 12.8 Å². The number of unbranched alkanes of at least 4 members (excludes halogenated alkanes) is 1. The molecule has 0 spiro atoms. The van der Waals surface area contributed by atoms with Crippen LogP contribution in [0.3, 0.4) is 0 Å². The molecule has 1 aromatic rings. The van der Waals surface area contributed by atoms with E-state index in [4.69, 9.17) is 10.9 Å². The molecule has 16 heavy (non-hydrogen) atoms. The Morgan fingerprint density at radius 2 is 2.31 bits per heavy atom. The van der Waals surface area contributed by atoms with Crippen molar-refractivity contribution in [1.29, 1.82) is 0 Å². The van der Waals surface area contributed by atoms with Crippen molar-refractivity contribution in [2.45, 2.75) is 31.7 Å². The van der Waals surface area contributed by atoms with Crippen molar-refractivity contribution in [3.05, 3.63) is 23.4 Å². The van der Waals surface area contributed by atoms with E-state index in [0.717, 1.165) is 16.5 Å². The van der Waals surface area contributed by atoms with Crippen LogP contribution >= 0.6 is 11.8 Å². The Morgan fingerprint density at radius 3 is 2.94 bits per heavy atom. The van der Waals surface area contributed by atoms with Gasteiger partial charge in [0.05, 0.1) is 5.03 Å². The number of hydrogen-bond acceptors (Lipinski definition) is 4. The molecule has 0 saturated carbocycles. The van der Waals surface area contributed by atoms with E-state index >= 15 is 0 Å². The molecule has 0 amide bonds. The summed E-state index contributed by atoms with van der Waals surface area (Å²) in [6.45, 7) is 4.06. The Hall–Kier alpha value is -1.23. The van der Waals surface area contributed by atoms with E-state index in [0.29, 0.717) is 5.56 Å². The molecule has 5 heteroatoms. The van der Waals surface area contributed by atoms with Gasteiger partial charge in [0.2, 0.25) is 0 Å². The fourth-order valence-corrected chi connectivity index (χ4v) is 2.30. The lowest BCUT2D eigenvalue weighted by Crippen LogP contribution is -2.13. The van der Waals surface area contributed by atoms with Gasteiger partial charge in [0.15, 0.2) is 5.84 Å². The second-order valence-electron chi connectivity index (χ2n) is 3.52. The number of aromatic nitrogens is 1. The van der Waals surface area contributed by atoms with Gasteiger partial charge >= 0.3 is 0 Å². The number of thioether (sulfide) groups is 1. The van der Waals surface area contributed by atoms with Crippen molar-refractivity contribution >= 4 is 17.6 Å². The van der Waals surface area contributed by atoms with Crippen molar-refractivity contribution in [2.24, 2.45) is 10.9 Å². The first-order valence-electron chi connectivity index (χ1n) is 5.26. The van der Waals surface area contributed by atoms with Crippen LogP contribution in [0.5, 0.6) is 0 Å². The van der Waals surface area contributed by atoms with Crippen molar-refractivity contribution in [3.63, 3.8) is 0 Å². The van der Waals surface area contributed by atoms with Crippen molar-refractivity contribution < 1.29 is 5.21 Å². The number of aryl methyl sites for hydroxylation is 1. The van der Waals surface area contributed by atoms with Crippen LogP contribution in [-0.2, 0) is 0 Å². The molecule has 0 saturated heterocycles. The summed E-state index contributed by atoms with van der Waals surface area (Å²) in [4.78, 5) is 4.39. The van der Waals surface area contributed by atoms with E-state index in [-0.39, 0.29) is 5.84 Å². The fraction of sp³-hybridized carbons (Fsp3) is 0.455. The molecule has 4 nitrogen and oxygen atoms in total. The van der Waals surface area contributed by atoms with Crippen LogP contribution < -0.4 is 5.73 Å². The van der Waals surface area contributed by atoms with Gasteiger partial charge in [-0.2, -0.15) is 0 Å². The summed E-state index contributed by atoms with van der Waals surface area (Å²) in [5, 5.41) is 12.5. The van der Waals surface area contributed by atoms with Crippen LogP contribution in [0, 0.1) is 6.92 Å². The van der Waals surface area contributed by atoms with E-state index in [1.807, 2.05) is 13.0 Å². The quantitative estimate of drug-likeness (QED) is 0.207. The third-order valence-electron chi connectivity index (χ3n) is 2.08. The number of oxime groups is 1. The lowest BCUT2D eigenvalue weighted by molar-refractivity contribution is 0.318. The highest BCUT2D eigenvalue weighted by Crippen LogP contribution is 2.19. The summed E-state index contributed by atoms with van der Waals surface area (Å²) in [6, 6.07) is 3.65. The third kappa shape index (κ3) is 3.73. The molecular formula is C11H17N3OS. The van der Waals surface area contributed by atoms with Crippen LogP contribution in [0.25, 0.3) is 0 Å². The molecule has 0 aromatic carbocycles. The maximum absolute atomic E-state index is 8.62. The maximum atomic E-state index is 8.62. The summed E-state index contributed by atoms with van der Waals surface area (Å²) in [7, 11) is 0. The van der Waals surface area contributed by atoms with Gasteiger partial charge in [-0.3, -0.25) is 0 Å². The summed E-state index contributed by atoms with van der Waals surface area (Å²) in [5.41, 5.74) is 7.14. The highest BCUT2D eigenvalue weighted by atomic mass is 32.2. The Morgan fingerprint density at radius 1 is 1.56 bits per heavy atom. The summed E-state index contributed by atoms with van der Waals surface area (Å²) in [5.74, 6) is 1.17. The zero-order valence-corrected chi connectivity index (χ0v) is 10.4. The molecule has 0 aliphatic carbocycles. The second kappa shape index (κ2) is 6.37. The molecule has 0 bridgehead atoms. The first-order chi connectivity index (χ1) is 7.67. The van der Waals surface area contributed by atoms with Gasteiger partial charge in [-0.15, -0.1) is 11.8 Å². The van der Waals surface area contributed by atoms with Gasteiger partial charge in [0, 0.05) is 11.3 Å². The Kier molecular flexibility index (Phi) is 5.11. The average Bonchev–Trinajstić information content (AvgIpc) is 2.27. The van der Waals surface area contributed by atoms with E-state index < -0.39 is 0 Å². The summed E-state index contributed by atoms with van der Waals surface area (Å²) < 4.78 is 0. The molecule has 0 aliphatic heterocycles. The number of hydrogen-bond donors (Lipinski definition) is 2. The molecule has 88 valence electrons. The minimum Gasteiger partial charge on any atom is -0.409 e. The van der Waals surface area contributed by atoms with Gasteiger partial charge in [-0.1, -0.05) is 18.5 Å². The predicted molar refractivity (Wildman–Crippen MR) is 67.1 cm³/mol. The summed E-state index contributed by atoms with van der Waals surface area (Å²) >= 11 is 1.70. The smallest absolute Gasteiger partial charge is 0.170 e. The zero-order valence-electron chi connectivity index (χ0n) is 9.60. The van der Waals surface area contributed by atoms with Gasteiger partial charge in [-0.05, 0) is 31.2 Å². The molecule has 0 unspecified atom stereocenters. The SMILES string of the molecule is CCCCSc1cc(/C(N)=N/O)cc(C)n1. The molecule has 0 aliphatic rings. The highest BCUT2D eigenvalue weighted by molar-refractivity contribution is 7.99. The number of rotatable bonds is 5. The highest BCUT2D eigenvalue weighted by Gasteiger charge is 2.04. The molecule has 0 fully saturated rings. The second-order valence-corrected chi connectivity index (χ2v) is 4.64. The molecule has 1 aromatic heterocycles. The molecule has 0 radical (unpaired) electrons. The maximum Gasteiger partial charge on any atom is 0.170 e. The fourth-order valence-electron chi connectivity index (χ4n) is 1.24. The minimum atomic E-state index is 0.128. The first-order valence-corrected chi connectivity index (χ1v) is 6.25. The van der Waals surface area contributed by atoms with Crippen molar-refractivity contribution in [3.8, 4) is 0 Å². The Labute approximate surface area is 99.9 Å².